The van der Waals surface area contributed by atoms with E-state index in [2.05, 4.69) is 38.2 Å². The van der Waals surface area contributed by atoms with Crippen LogP contribution in [0.1, 0.15) is 36.5 Å². The van der Waals surface area contributed by atoms with Gasteiger partial charge in [-0.05, 0) is 49.5 Å². The highest BCUT2D eigenvalue weighted by Crippen LogP contribution is 2.31. The van der Waals surface area contributed by atoms with Crippen LogP contribution in [0.2, 0.25) is 0 Å². The van der Waals surface area contributed by atoms with Crippen molar-refractivity contribution in [3.8, 4) is 0 Å². The van der Waals surface area contributed by atoms with E-state index in [1.807, 2.05) is 13.3 Å². The van der Waals surface area contributed by atoms with Crippen LogP contribution in [0.4, 0.5) is 0 Å². The molecule has 2 rings (SSSR count). The van der Waals surface area contributed by atoms with Crippen molar-refractivity contribution in [2.75, 3.05) is 13.6 Å². The summed E-state index contributed by atoms with van der Waals surface area (Å²) in [5.74, 6) is 0.501. The summed E-state index contributed by atoms with van der Waals surface area (Å²) in [6.07, 6.45) is 2.94. The Morgan fingerprint density at radius 3 is 2.71 bits per heavy atom. The van der Waals surface area contributed by atoms with Crippen LogP contribution < -0.4 is 5.32 Å². The highest BCUT2D eigenvalue weighted by Gasteiger charge is 2.13. The highest BCUT2D eigenvalue weighted by molar-refractivity contribution is 5.87. The second-order valence-corrected chi connectivity index (χ2v) is 4.95. The Hall–Kier alpha value is -1.28. The molecule has 1 aromatic carbocycles. The van der Waals surface area contributed by atoms with Gasteiger partial charge >= 0.3 is 0 Å². The number of fused-ring (bicyclic) bond motifs is 1. The summed E-state index contributed by atoms with van der Waals surface area (Å²) in [7, 11) is 1.98. The van der Waals surface area contributed by atoms with E-state index >= 15 is 0 Å². The van der Waals surface area contributed by atoms with Crippen molar-refractivity contribution in [1.29, 1.82) is 0 Å². The van der Waals surface area contributed by atoms with Gasteiger partial charge in [-0.1, -0.05) is 26.0 Å². The molecule has 17 heavy (non-hydrogen) atoms. The molecular weight excluding hydrogens is 210 g/mol. The number of hydrogen-bond acceptors (Lipinski definition) is 2. The van der Waals surface area contributed by atoms with E-state index in [-0.39, 0.29) is 0 Å². The fourth-order valence-corrected chi connectivity index (χ4v) is 2.31. The zero-order valence-electron chi connectivity index (χ0n) is 11.1. The molecule has 0 radical (unpaired) electrons. The van der Waals surface area contributed by atoms with Crippen LogP contribution >= 0.6 is 0 Å². The number of benzene rings is 1. The lowest BCUT2D eigenvalue weighted by Crippen LogP contribution is -2.10. The lowest BCUT2D eigenvalue weighted by Gasteiger charge is -2.08. The average Bonchev–Trinajstić information content (AvgIpc) is 2.71. The third kappa shape index (κ3) is 2.22. The fraction of sp³-hybridized carbons (Fsp3) is 0.467. The number of furan rings is 1. The van der Waals surface area contributed by atoms with E-state index in [1.54, 1.807) is 0 Å². The molecule has 0 saturated heterocycles. The zero-order chi connectivity index (χ0) is 12.4. The van der Waals surface area contributed by atoms with Gasteiger partial charge in [0.15, 0.2) is 0 Å². The summed E-state index contributed by atoms with van der Waals surface area (Å²) in [5, 5.41) is 4.50. The van der Waals surface area contributed by atoms with Crippen molar-refractivity contribution in [2.24, 2.45) is 0 Å². The molecule has 0 aliphatic carbocycles. The Bertz CT molecular complexity index is 511. The molecule has 0 aliphatic rings. The smallest absolute Gasteiger partial charge is 0.137 e. The van der Waals surface area contributed by atoms with Crippen LogP contribution in [0.3, 0.4) is 0 Å². The van der Waals surface area contributed by atoms with Gasteiger partial charge in [0.05, 0.1) is 6.26 Å². The lowest BCUT2D eigenvalue weighted by atomic mass is 9.96. The van der Waals surface area contributed by atoms with Gasteiger partial charge in [0.2, 0.25) is 0 Å². The standard InChI is InChI=1S/C15H21NO/c1-10(2)13-6-5-11(3)14-12(7-8-16-4)9-17-15(13)14/h5-6,9-10,16H,7-8H2,1-4H3. The highest BCUT2D eigenvalue weighted by atomic mass is 16.3. The molecule has 92 valence electrons. The maximum absolute atomic E-state index is 5.79. The maximum atomic E-state index is 5.79. The molecule has 0 unspecified atom stereocenters. The second-order valence-electron chi connectivity index (χ2n) is 4.95. The molecule has 0 fully saturated rings. The third-order valence-corrected chi connectivity index (χ3v) is 3.30. The molecule has 0 bridgehead atoms. The Morgan fingerprint density at radius 1 is 1.29 bits per heavy atom. The normalized spacial score (nSPS) is 11.6. The summed E-state index contributed by atoms with van der Waals surface area (Å²) in [5.41, 5.74) is 5.01. The van der Waals surface area contributed by atoms with E-state index in [4.69, 9.17) is 4.42 Å². The molecule has 1 heterocycles. The summed E-state index contributed by atoms with van der Waals surface area (Å²) in [4.78, 5) is 0. The summed E-state index contributed by atoms with van der Waals surface area (Å²) in [6, 6.07) is 4.39. The first-order valence-corrected chi connectivity index (χ1v) is 6.29. The molecule has 0 amide bonds. The molecule has 1 N–H and O–H groups in total. The van der Waals surface area contributed by atoms with E-state index in [1.165, 1.54) is 22.1 Å². The molecule has 0 atom stereocenters. The molecule has 0 spiro atoms. The van der Waals surface area contributed by atoms with E-state index in [9.17, 15) is 0 Å². The molecule has 0 aliphatic heterocycles. The van der Waals surface area contributed by atoms with Gasteiger partial charge in [-0.25, -0.2) is 0 Å². The van der Waals surface area contributed by atoms with Crippen LogP contribution in [-0.4, -0.2) is 13.6 Å². The SMILES string of the molecule is CNCCc1coc2c(C(C)C)ccc(C)c12. The lowest BCUT2D eigenvalue weighted by molar-refractivity contribution is 0.601. The van der Waals surface area contributed by atoms with E-state index in [0.717, 1.165) is 18.5 Å². The minimum Gasteiger partial charge on any atom is -0.464 e. The Kier molecular flexibility index (Phi) is 3.53. The van der Waals surface area contributed by atoms with Crippen molar-refractivity contribution in [3.05, 3.63) is 35.1 Å². The van der Waals surface area contributed by atoms with Crippen molar-refractivity contribution in [3.63, 3.8) is 0 Å². The average molecular weight is 231 g/mol. The zero-order valence-corrected chi connectivity index (χ0v) is 11.1. The van der Waals surface area contributed by atoms with E-state index in [0.29, 0.717) is 5.92 Å². The molecular formula is C15H21NO. The van der Waals surface area contributed by atoms with Crippen LogP contribution in [0.5, 0.6) is 0 Å². The van der Waals surface area contributed by atoms with Crippen molar-refractivity contribution < 1.29 is 4.42 Å². The number of rotatable bonds is 4. The van der Waals surface area contributed by atoms with Gasteiger partial charge in [-0.3, -0.25) is 0 Å². The largest absolute Gasteiger partial charge is 0.464 e. The number of likely N-dealkylation sites (N-methyl/N-ethyl adjacent to an activating group) is 1. The first kappa shape index (κ1) is 12.2. The second kappa shape index (κ2) is 4.92. The van der Waals surface area contributed by atoms with Gasteiger partial charge < -0.3 is 9.73 Å². The fourth-order valence-electron chi connectivity index (χ4n) is 2.31. The molecule has 2 heteroatoms. The predicted molar refractivity (Wildman–Crippen MR) is 72.7 cm³/mol. The van der Waals surface area contributed by atoms with Crippen molar-refractivity contribution >= 4 is 11.0 Å². The Balaban J connectivity index is 2.55. The Morgan fingerprint density at radius 2 is 2.06 bits per heavy atom. The van der Waals surface area contributed by atoms with Gasteiger partial charge in [-0.15, -0.1) is 0 Å². The minimum atomic E-state index is 0.501. The number of aryl methyl sites for hydroxylation is 1. The topological polar surface area (TPSA) is 25.2 Å². The molecule has 2 nitrogen and oxygen atoms in total. The third-order valence-electron chi connectivity index (χ3n) is 3.30. The van der Waals surface area contributed by atoms with Crippen LogP contribution in [0.15, 0.2) is 22.8 Å². The minimum absolute atomic E-state index is 0.501. The first-order chi connectivity index (χ1) is 8.15. The molecule has 2 aromatic rings. The Labute approximate surface area is 103 Å². The summed E-state index contributed by atoms with van der Waals surface area (Å²) < 4.78 is 5.79. The number of nitrogens with one attached hydrogen (secondary N) is 1. The predicted octanol–water partition coefficient (Wildman–Crippen LogP) is 3.63. The maximum Gasteiger partial charge on any atom is 0.137 e. The van der Waals surface area contributed by atoms with E-state index < -0.39 is 0 Å². The van der Waals surface area contributed by atoms with Gasteiger partial charge in [0.1, 0.15) is 5.58 Å². The van der Waals surface area contributed by atoms with Crippen molar-refractivity contribution in [1.82, 2.24) is 5.32 Å². The monoisotopic (exact) mass is 231 g/mol. The molecule has 1 aromatic heterocycles. The van der Waals surface area contributed by atoms with Crippen LogP contribution in [0.25, 0.3) is 11.0 Å². The van der Waals surface area contributed by atoms with Crippen LogP contribution in [0, 0.1) is 6.92 Å². The van der Waals surface area contributed by atoms with Gasteiger partial charge in [0.25, 0.3) is 0 Å². The van der Waals surface area contributed by atoms with Crippen LogP contribution in [-0.2, 0) is 6.42 Å². The van der Waals surface area contributed by atoms with Gasteiger partial charge in [0, 0.05) is 5.39 Å². The van der Waals surface area contributed by atoms with Gasteiger partial charge in [-0.2, -0.15) is 0 Å². The number of hydrogen-bond donors (Lipinski definition) is 1. The van der Waals surface area contributed by atoms with Crippen molar-refractivity contribution in [2.45, 2.75) is 33.1 Å². The first-order valence-electron chi connectivity index (χ1n) is 6.29. The molecule has 0 saturated carbocycles. The summed E-state index contributed by atoms with van der Waals surface area (Å²) in [6.45, 7) is 7.56. The quantitative estimate of drug-likeness (QED) is 0.869. The summed E-state index contributed by atoms with van der Waals surface area (Å²) >= 11 is 0.